The van der Waals surface area contributed by atoms with Crippen LogP contribution in [0.4, 0.5) is 17.6 Å². The van der Waals surface area contributed by atoms with Gasteiger partial charge in [0.15, 0.2) is 0 Å². The number of carbonyl (C=O) groups is 1. The number of nitrogens with two attached hydrogens (primary N) is 1. The lowest BCUT2D eigenvalue weighted by molar-refractivity contribution is -0.119. The summed E-state index contributed by atoms with van der Waals surface area (Å²) in [7, 11) is 3.30. The molecule has 1 heterocycles. The number of nitrogen functional groups attached to an aromatic ring is 1. The van der Waals surface area contributed by atoms with Gasteiger partial charge in [-0.15, -0.1) is 0 Å². The van der Waals surface area contributed by atoms with Crippen molar-refractivity contribution in [2.24, 2.45) is 0 Å². The second kappa shape index (κ2) is 7.28. The molecular weight excluding hydrogens is 236 g/mol. The van der Waals surface area contributed by atoms with E-state index in [-0.39, 0.29) is 18.4 Å². The van der Waals surface area contributed by atoms with Crippen LogP contribution in [0.2, 0.25) is 0 Å². The number of amides is 1. The number of rotatable bonds is 7. The highest BCUT2D eigenvalue weighted by Gasteiger charge is 2.03. The third-order valence-electron chi connectivity index (χ3n) is 2.06. The van der Waals surface area contributed by atoms with Crippen molar-refractivity contribution in [1.82, 2.24) is 15.3 Å². The standard InChI is InChI=1S/C10H18N6O2/c1-12-7-5-8(16-10(11)15-7)14-6-9(17)13-3-4-18-2/h5H,3-4,6H2,1-2H3,(H,13,17)(H4,11,12,14,15,16). The average Bonchev–Trinajstić information content (AvgIpc) is 2.36. The molecule has 0 spiro atoms. The van der Waals surface area contributed by atoms with E-state index in [9.17, 15) is 4.79 Å². The van der Waals surface area contributed by atoms with E-state index in [1.54, 1.807) is 20.2 Å². The summed E-state index contributed by atoms with van der Waals surface area (Å²) in [5.41, 5.74) is 5.52. The number of methoxy groups -OCH3 is 1. The molecule has 0 bridgehead atoms. The van der Waals surface area contributed by atoms with E-state index in [0.29, 0.717) is 24.8 Å². The Bertz CT molecular complexity index is 398. The second-order valence-corrected chi connectivity index (χ2v) is 3.44. The summed E-state index contributed by atoms with van der Waals surface area (Å²) in [5, 5.41) is 8.39. The number of ether oxygens (including phenoxy) is 1. The van der Waals surface area contributed by atoms with Crippen molar-refractivity contribution in [3.63, 3.8) is 0 Å². The summed E-state index contributed by atoms with van der Waals surface area (Å²) in [6, 6.07) is 1.67. The zero-order valence-corrected chi connectivity index (χ0v) is 10.5. The topological polar surface area (TPSA) is 114 Å². The van der Waals surface area contributed by atoms with Crippen LogP contribution >= 0.6 is 0 Å². The van der Waals surface area contributed by atoms with Crippen LogP contribution in [0.3, 0.4) is 0 Å². The largest absolute Gasteiger partial charge is 0.383 e. The van der Waals surface area contributed by atoms with Crippen LogP contribution in [-0.2, 0) is 9.53 Å². The molecule has 0 unspecified atom stereocenters. The molecule has 1 rings (SSSR count). The first-order valence-electron chi connectivity index (χ1n) is 5.47. The zero-order valence-electron chi connectivity index (χ0n) is 10.5. The maximum Gasteiger partial charge on any atom is 0.239 e. The number of carbonyl (C=O) groups excluding carboxylic acids is 1. The Morgan fingerprint density at radius 1 is 1.44 bits per heavy atom. The van der Waals surface area contributed by atoms with Gasteiger partial charge in [-0.1, -0.05) is 0 Å². The molecule has 100 valence electrons. The molecule has 8 heteroatoms. The van der Waals surface area contributed by atoms with E-state index in [1.165, 1.54) is 0 Å². The monoisotopic (exact) mass is 254 g/mol. The lowest BCUT2D eigenvalue weighted by atomic mass is 10.5. The van der Waals surface area contributed by atoms with Crippen molar-refractivity contribution in [3.8, 4) is 0 Å². The molecule has 18 heavy (non-hydrogen) atoms. The lowest BCUT2D eigenvalue weighted by Crippen LogP contribution is -2.32. The Balaban J connectivity index is 2.43. The zero-order chi connectivity index (χ0) is 13.4. The van der Waals surface area contributed by atoms with Gasteiger partial charge < -0.3 is 26.4 Å². The molecule has 5 N–H and O–H groups in total. The molecule has 0 fully saturated rings. The Morgan fingerprint density at radius 2 is 2.17 bits per heavy atom. The van der Waals surface area contributed by atoms with Gasteiger partial charge in [-0.25, -0.2) is 0 Å². The molecule has 0 aliphatic carbocycles. The summed E-state index contributed by atoms with van der Waals surface area (Å²) in [6.45, 7) is 1.07. The minimum atomic E-state index is -0.143. The number of hydrogen-bond acceptors (Lipinski definition) is 7. The Labute approximate surface area is 105 Å². The maximum absolute atomic E-state index is 11.4. The fourth-order valence-corrected chi connectivity index (χ4v) is 1.21. The van der Waals surface area contributed by atoms with Gasteiger partial charge in [0, 0.05) is 26.8 Å². The summed E-state index contributed by atoms with van der Waals surface area (Å²) in [6.07, 6.45) is 0. The molecular formula is C10H18N6O2. The number of nitrogens with zero attached hydrogens (tertiary/aromatic N) is 2. The van der Waals surface area contributed by atoms with Crippen molar-refractivity contribution < 1.29 is 9.53 Å². The van der Waals surface area contributed by atoms with Gasteiger partial charge in [-0.05, 0) is 0 Å². The summed E-state index contributed by atoms with van der Waals surface area (Å²) in [4.78, 5) is 19.3. The third-order valence-corrected chi connectivity index (χ3v) is 2.06. The van der Waals surface area contributed by atoms with Crippen molar-refractivity contribution in [2.45, 2.75) is 0 Å². The van der Waals surface area contributed by atoms with Gasteiger partial charge in [0.05, 0.1) is 13.2 Å². The fourth-order valence-electron chi connectivity index (χ4n) is 1.21. The average molecular weight is 254 g/mol. The number of nitrogens with one attached hydrogen (secondary N) is 3. The molecule has 1 aromatic rings. The van der Waals surface area contributed by atoms with Gasteiger partial charge in [0.25, 0.3) is 0 Å². The number of anilines is 3. The van der Waals surface area contributed by atoms with Crippen LogP contribution < -0.4 is 21.7 Å². The van der Waals surface area contributed by atoms with Gasteiger partial charge >= 0.3 is 0 Å². The quantitative estimate of drug-likeness (QED) is 0.474. The molecule has 1 amide bonds. The molecule has 0 saturated heterocycles. The first-order valence-corrected chi connectivity index (χ1v) is 5.47. The minimum Gasteiger partial charge on any atom is -0.383 e. The Hall–Kier alpha value is -2.09. The van der Waals surface area contributed by atoms with Crippen LogP contribution in [0.25, 0.3) is 0 Å². The van der Waals surface area contributed by atoms with E-state index >= 15 is 0 Å². The van der Waals surface area contributed by atoms with Crippen LogP contribution in [0, 0.1) is 0 Å². The van der Waals surface area contributed by atoms with Gasteiger partial charge in [-0.2, -0.15) is 9.97 Å². The molecule has 0 aliphatic heterocycles. The number of aromatic nitrogens is 2. The highest BCUT2D eigenvalue weighted by molar-refractivity contribution is 5.80. The number of hydrogen-bond donors (Lipinski definition) is 4. The molecule has 0 radical (unpaired) electrons. The van der Waals surface area contributed by atoms with Gasteiger partial charge in [-0.3, -0.25) is 4.79 Å². The summed E-state index contributed by atoms with van der Waals surface area (Å²) < 4.78 is 4.82. The van der Waals surface area contributed by atoms with Crippen molar-refractivity contribution in [2.75, 3.05) is 50.2 Å². The first kappa shape index (κ1) is 14.0. The van der Waals surface area contributed by atoms with E-state index < -0.39 is 0 Å². The first-order chi connectivity index (χ1) is 8.65. The van der Waals surface area contributed by atoms with Crippen LogP contribution in [0.1, 0.15) is 0 Å². The normalized spacial score (nSPS) is 9.89. The third kappa shape index (κ3) is 4.83. The van der Waals surface area contributed by atoms with E-state index in [0.717, 1.165) is 0 Å². The highest BCUT2D eigenvalue weighted by atomic mass is 16.5. The maximum atomic E-state index is 11.4. The molecule has 8 nitrogen and oxygen atoms in total. The Kier molecular flexibility index (Phi) is 5.65. The lowest BCUT2D eigenvalue weighted by Gasteiger charge is -2.08. The van der Waals surface area contributed by atoms with Crippen LogP contribution in [-0.4, -0.2) is 49.7 Å². The van der Waals surface area contributed by atoms with Crippen LogP contribution in [0.15, 0.2) is 6.07 Å². The predicted molar refractivity (Wildman–Crippen MR) is 69.4 cm³/mol. The second-order valence-electron chi connectivity index (χ2n) is 3.44. The van der Waals surface area contributed by atoms with E-state index in [2.05, 4.69) is 25.9 Å². The minimum absolute atomic E-state index is 0.114. The van der Waals surface area contributed by atoms with Crippen molar-refractivity contribution >= 4 is 23.5 Å². The van der Waals surface area contributed by atoms with E-state index in [1.807, 2.05) is 0 Å². The van der Waals surface area contributed by atoms with Gasteiger partial charge in [0.1, 0.15) is 11.6 Å². The van der Waals surface area contributed by atoms with Gasteiger partial charge in [0.2, 0.25) is 11.9 Å². The van der Waals surface area contributed by atoms with E-state index in [4.69, 9.17) is 10.5 Å². The summed E-state index contributed by atoms with van der Waals surface area (Å²) in [5.74, 6) is 1.08. The molecule has 0 aliphatic rings. The summed E-state index contributed by atoms with van der Waals surface area (Å²) >= 11 is 0. The molecule has 0 atom stereocenters. The van der Waals surface area contributed by atoms with Crippen molar-refractivity contribution in [3.05, 3.63) is 6.07 Å². The molecule has 0 saturated carbocycles. The molecule has 0 aromatic carbocycles. The SMILES string of the molecule is CNc1cc(NCC(=O)NCCOC)nc(N)n1. The van der Waals surface area contributed by atoms with Crippen LogP contribution in [0.5, 0.6) is 0 Å². The Morgan fingerprint density at radius 3 is 2.83 bits per heavy atom. The predicted octanol–water partition coefficient (Wildman–Crippen LogP) is -0.725. The highest BCUT2D eigenvalue weighted by Crippen LogP contribution is 2.10. The van der Waals surface area contributed by atoms with Crippen molar-refractivity contribution in [1.29, 1.82) is 0 Å². The smallest absolute Gasteiger partial charge is 0.239 e. The fraction of sp³-hybridized carbons (Fsp3) is 0.500. The molecule has 1 aromatic heterocycles.